The van der Waals surface area contributed by atoms with Gasteiger partial charge in [0.25, 0.3) is 0 Å². The molecule has 17 heavy (non-hydrogen) atoms. The number of alkyl halides is 1. The largest absolute Gasteiger partial charge is 0.207 e. The summed E-state index contributed by atoms with van der Waals surface area (Å²) in [5.41, 5.74) is 0.0848. The van der Waals surface area contributed by atoms with E-state index >= 15 is 0 Å². The van der Waals surface area contributed by atoms with Crippen LogP contribution >= 0.6 is 43.2 Å². The summed E-state index contributed by atoms with van der Waals surface area (Å²) < 4.78 is 27.8. The first-order valence-corrected chi connectivity index (χ1v) is 7.47. The second-order valence-corrected chi connectivity index (χ2v) is 6.59. The number of halogens is 4. The summed E-state index contributed by atoms with van der Waals surface area (Å²) in [5.74, 6) is -1.06. The first-order valence-electron chi connectivity index (χ1n) is 4.89. The van der Waals surface area contributed by atoms with Gasteiger partial charge in [-0.1, -0.05) is 37.9 Å². The van der Waals surface area contributed by atoms with Gasteiger partial charge in [0, 0.05) is 14.9 Å². The van der Waals surface area contributed by atoms with Crippen molar-refractivity contribution in [1.29, 1.82) is 0 Å². The number of benzene rings is 1. The van der Waals surface area contributed by atoms with Gasteiger partial charge in [-0.15, -0.1) is 11.3 Å². The maximum atomic E-state index is 13.7. The predicted octanol–water partition coefficient (Wildman–Crippen LogP) is 5.47. The first kappa shape index (κ1) is 13.2. The van der Waals surface area contributed by atoms with E-state index in [1.54, 1.807) is 11.3 Å². The highest BCUT2D eigenvalue weighted by molar-refractivity contribution is 9.10. The van der Waals surface area contributed by atoms with Crippen molar-refractivity contribution in [2.75, 3.05) is 0 Å². The minimum Gasteiger partial charge on any atom is -0.207 e. The van der Waals surface area contributed by atoms with Crippen molar-refractivity contribution in [2.45, 2.75) is 11.2 Å². The van der Waals surface area contributed by atoms with Gasteiger partial charge in [-0.25, -0.2) is 8.78 Å². The average molecular weight is 382 g/mol. The van der Waals surface area contributed by atoms with Crippen molar-refractivity contribution in [3.63, 3.8) is 0 Å². The number of hydrogen-bond donors (Lipinski definition) is 0. The van der Waals surface area contributed by atoms with Crippen LogP contribution in [0.2, 0.25) is 0 Å². The minimum atomic E-state index is -0.532. The van der Waals surface area contributed by atoms with Crippen LogP contribution in [0.3, 0.4) is 0 Å². The fourth-order valence-corrected chi connectivity index (χ4v) is 3.71. The van der Waals surface area contributed by atoms with Gasteiger partial charge in [0.2, 0.25) is 0 Å². The standard InChI is InChI=1S/C12H8Br2F2S/c13-7-4-10(15)12(11(16)5-7)9(14)6-8-2-1-3-17-8/h1-5,9H,6H2. The molecule has 0 bridgehead atoms. The van der Waals surface area contributed by atoms with Crippen LogP contribution in [0.1, 0.15) is 15.3 Å². The molecule has 0 aliphatic carbocycles. The fraction of sp³-hybridized carbons (Fsp3) is 0.167. The number of hydrogen-bond acceptors (Lipinski definition) is 1. The molecule has 90 valence electrons. The van der Waals surface area contributed by atoms with Crippen LogP contribution in [0.4, 0.5) is 8.78 Å². The molecule has 5 heteroatoms. The second kappa shape index (κ2) is 5.59. The van der Waals surface area contributed by atoms with Crippen LogP contribution in [0.5, 0.6) is 0 Å². The van der Waals surface area contributed by atoms with E-state index in [4.69, 9.17) is 0 Å². The lowest BCUT2D eigenvalue weighted by atomic mass is 10.1. The summed E-state index contributed by atoms with van der Waals surface area (Å²) in [6.07, 6.45) is 0.577. The molecule has 2 rings (SSSR count). The zero-order valence-corrected chi connectivity index (χ0v) is 12.6. The van der Waals surface area contributed by atoms with E-state index in [9.17, 15) is 8.78 Å². The monoisotopic (exact) mass is 380 g/mol. The van der Waals surface area contributed by atoms with E-state index in [2.05, 4.69) is 31.9 Å². The Balaban J connectivity index is 2.27. The maximum Gasteiger partial charge on any atom is 0.131 e. The van der Waals surface area contributed by atoms with Gasteiger partial charge < -0.3 is 0 Å². The molecular formula is C12H8Br2F2S. The van der Waals surface area contributed by atoms with E-state index in [1.807, 2.05) is 17.5 Å². The summed E-state index contributed by atoms with van der Waals surface area (Å²) in [7, 11) is 0. The van der Waals surface area contributed by atoms with Crippen LogP contribution in [0.25, 0.3) is 0 Å². The highest BCUT2D eigenvalue weighted by Crippen LogP contribution is 2.33. The van der Waals surface area contributed by atoms with Gasteiger partial charge in [0.1, 0.15) is 11.6 Å². The summed E-state index contributed by atoms with van der Waals surface area (Å²) >= 11 is 7.99. The van der Waals surface area contributed by atoms with Crippen LogP contribution in [-0.2, 0) is 6.42 Å². The van der Waals surface area contributed by atoms with Crippen molar-refractivity contribution in [1.82, 2.24) is 0 Å². The van der Waals surface area contributed by atoms with E-state index in [1.165, 1.54) is 12.1 Å². The molecule has 0 fully saturated rings. The lowest BCUT2D eigenvalue weighted by Crippen LogP contribution is -2.01. The number of thiophene rings is 1. The van der Waals surface area contributed by atoms with Crippen LogP contribution < -0.4 is 0 Å². The fourth-order valence-electron chi connectivity index (χ4n) is 1.56. The van der Waals surface area contributed by atoms with Gasteiger partial charge in [0.15, 0.2) is 0 Å². The van der Waals surface area contributed by atoms with Crippen LogP contribution in [-0.4, -0.2) is 0 Å². The molecule has 0 N–H and O–H groups in total. The van der Waals surface area contributed by atoms with Crippen LogP contribution in [0, 0.1) is 11.6 Å². The molecule has 2 aromatic rings. The van der Waals surface area contributed by atoms with Crippen molar-refractivity contribution in [3.05, 3.63) is 56.2 Å². The third kappa shape index (κ3) is 3.14. The summed E-state index contributed by atoms with van der Waals surface area (Å²) in [6, 6.07) is 6.43. The molecule has 0 aliphatic rings. The van der Waals surface area contributed by atoms with Crippen LogP contribution in [0.15, 0.2) is 34.1 Å². The molecule has 1 aromatic heterocycles. The summed E-state index contributed by atoms with van der Waals surface area (Å²) in [4.78, 5) is 0.739. The van der Waals surface area contributed by atoms with Crippen molar-refractivity contribution < 1.29 is 8.78 Å². The molecule has 1 heterocycles. The smallest absolute Gasteiger partial charge is 0.131 e. The second-order valence-electron chi connectivity index (χ2n) is 3.53. The molecule has 0 saturated heterocycles. The third-order valence-electron chi connectivity index (χ3n) is 2.32. The molecule has 1 aromatic carbocycles. The molecule has 0 amide bonds. The maximum absolute atomic E-state index is 13.7. The Morgan fingerprint density at radius 1 is 1.24 bits per heavy atom. The van der Waals surface area contributed by atoms with Gasteiger partial charge in [-0.3, -0.25) is 0 Å². The molecule has 0 radical (unpaired) electrons. The minimum absolute atomic E-state index is 0.0848. The van der Waals surface area contributed by atoms with E-state index < -0.39 is 11.6 Å². The van der Waals surface area contributed by atoms with Gasteiger partial charge in [-0.05, 0) is 30.0 Å². The van der Waals surface area contributed by atoms with Crippen molar-refractivity contribution in [3.8, 4) is 0 Å². The molecule has 1 atom stereocenters. The predicted molar refractivity (Wildman–Crippen MR) is 73.7 cm³/mol. The normalized spacial score (nSPS) is 12.7. The SMILES string of the molecule is Fc1cc(Br)cc(F)c1C(Br)Cc1cccs1. The van der Waals surface area contributed by atoms with Crippen molar-refractivity contribution in [2.24, 2.45) is 0 Å². The average Bonchev–Trinajstić information content (AvgIpc) is 2.68. The van der Waals surface area contributed by atoms with E-state index in [0.717, 1.165) is 4.88 Å². The topological polar surface area (TPSA) is 0 Å². The van der Waals surface area contributed by atoms with E-state index in [0.29, 0.717) is 10.9 Å². The molecule has 0 nitrogen and oxygen atoms in total. The molecule has 0 saturated carbocycles. The third-order valence-corrected chi connectivity index (χ3v) is 4.46. The van der Waals surface area contributed by atoms with Gasteiger partial charge in [0.05, 0.1) is 4.83 Å². The Morgan fingerprint density at radius 2 is 1.88 bits per heavy atom. The lowest BCUT2D eigenvalue weighted by Gasteiger charge is -2.11. The Bertz CT molecular complexity index is 488. The Hall–Kier alpha value is -0.260. The van der Waals surface area contributed by atoms with Gasteiger partial charge in [-0.2, -0.15) is 0 Å². The summed E-state index contributed by atoms with van der Waals surface area (Å²) in [6.45, 7) is 0. The molecule has 1 unspecified atom stereocenters. The molecule has 0 spiro atoms. The quantitative estimate of drug-likeness (QED) is 0.618. The first-order chi connectivity index (χ1) is 8.08. The Labute approximate surface area is 119 Å². The highest BCUT2D eigenvalue weighted by atomic mass is 79.9. The summed E-state index contributed by atoms with van der Waals surface area (Å²) in [5, 5.41) is 1.95. The lowest BCUT2D eigenvalue weighted by molar-refractivity contribution is 0.552. The van der Waals surface area contributed by atoms with Crippen molar-refractivity contribution >= 4 is 43.2 Å². The highest BCUT2D eigenvalue weighted by Gasteiger charge is 2.19. The van der Waals surface area contributed by atoms with E-state index in [-0.39, 0.29) is 10.4 Å². The zero-order valence-electron chi connectivity index (χ0n) is 8.59. The molecular weight excluding hydrogens is 374 g/mol. The number of rotatable bonds is 3. The zero-order chi connectivity index (χ0) is 12.4. The Kier molecular flexibility index (Phi) is 4.33. The van der Waals surface area contributed by atoms with Gasteiger partial charge >= 0.3 is 0 Å². The Morgan fingerprint density at radius 3 is 2.41 bits per heavy atom. The molecule has 0 aliphatic heterocycles.